The molecule has 0 aromatic carbocycles. The summed E-state index contributed by atoms with van der Waals surface area (Å²) >= 11 is 0. The number of allylic oxidation sites excluding steroid dienone is 1. The minimum absolute atomic E-state index is 0.147. The fourth-order valence-corrected chi connectivity index (χ4v) is 2.36. The van der Waals surface area contributed by atoms with Gasteiger partial charge in [0.25, 0.3) is 0 Å². The molecular formula is C9H15NO2S. The van der Waals surface area contributed by atoms with Crippen LogP contribution in [-0.2, 0) is 10.0 Å². The molecule has 0 atom stereocenters. The average molecular weight is 201 g/mol. The van der Waals surface area contributed by atoms with Crippen LogP contribution >= 0.6 is 0 Å². The summed E-state index contributed by atoms with van der Waals surface area (Å²) in [4.78, 5) is 0. The van der Waals surface area contributed by atoms with Crippen LogP contribution < -0.4 is 4.72 Å². The van der Waals surface area contributed by atoms with E-state index >= 15 is 0 Å². The van der Waals surface area contributed by atoms with Gasteiger partial charge in [0.1, 0.15) is 0 Å². The molecule has 13 heavy (non-hydrogen) atoms. The maximum absolute atomic E-state index is 11.3. The lowest BCUT2D eigenvalue weighted by Gasteiger charge is -2.04. The molecule has 0 radical (unpaired) electrons. The number of rotatable bonds is 5. The third-order valence-corrected chi connectivity index (χ3v) is 3.76. The van der Waals surface area contributed by atoms with Gasteiger partial charge >= 0.3 is 0 Å². The molecule has 0 aromatic heterocycles. The van der Waals surface area contributed by atoms with Gasteiger partial charge in [-0.25, -0.2) is 13.1 Å². The number of hydrogen-bond donors (Lipinski definition) is 1. The first kappa shape index (κ1) is 10.5. The summed E-state index contributed by atoms with van der Waals surface area (Å²) in [5.74, 6) is 0. The summed E-state index contributed by atoms with van der Waals surface area (Å²) in [6, 6.07) is 0. The Bertz CT molecular complexity index is 313. The smallest absolute Gasteiger partial charge is 0.212 e. The Balaban J connectivity index is 2.37. The minimum Gasteiger partial charge on any atom is -0.212 e. The molecule has 0 aliphatic heterocycles. The first-order valence-electron chi connectivity index (χ1n) is 4.35. The zero-order valence-corrected chi connectivity index (χ0v) is 8.60. The first-order chi connectivity index (χ1) is 6.06. The largest absolute Gasteiger partial charge is 0.214 e. The van der Waals surface area contributed by atoms with Crippen molar-refractivity contribution in [1.29, 1.82) is 0 Å². The second-order valence-corrected chi connectivity index (χ2v) is 5.27. The lowest BCUT2D eigenvalue weighted by Crippen LogP contribution is -2.28. The van der Waals surface area contributed by atoms with Crippen molar-refractivity contribution in [2.45, 2.75) is 25.0 Å². The molecule has 0 aromatic rings. The normalized spacial score (nSPS) is 17.9. The highest BCUT2D eigenvalue weighted by molar-refractivity contribution is 7.90. The molecule has 4 heteroatoms. The third kappa shape index (κ3) is 3.32. The van der Waals surface area contributed by atoms with Crippen LogP contribution in [0.2, 0.25) is 0 Å². The lowest BCUT2D eigenvalue weighted by molar-refractivity contribution is 0.583. The molecule has 0 spiro atoms. The summed E-state index contributed by atoms with van der Waals surface area (Å²) in [5.41, 5.74) is 0.784. The maximum Gasteiger partial charge on any atom is 0.214 e. The van der Waals surface area contributed by atoms with Crippen molar-refractivity contribution in [3.8, 4) is 0 Å². The molecule has 1 aliphatic carbocycles. The molecular weight excluding hydrogens is 186 g/mol. The van der Waals surface area contributed by atoms with Gasteiger partial charge in [0, 0.05) is 6.54 Å². The Hall–Kier alpha value is -0.610. The molecule has 0 amide bonds. The molecule has 1 saturated carbocycles. The fraction of sp³-hybridized carbons (Fsp3) is 0.556. The van der Waals surface area contributed by atoms with E-state index in [1.54, 1.807) is 6.08 Å². The Morgan fingerprint density at radius 3 is 2.69 bits per heavy atom. The lowest BCUT2D eigenvalue weighted by atomic mass is 10.3. The van der Waals surface area contributed by atoms with Crippen molar-refractivity contribution in [2.24, 2.45) is 0 Å². The quantitative estimate of drug-likeness (QED) is 0.679. The predicted molar refractivity (Wildman–Crippen MR) is 53.9 cm³/mol. The second-order valence-electron chi connectivity index (χ2n) is 3.22. The second kappa shape index (κ2) is 4.07. The molecule has 74 valence electrons. The molecule has 1 fully saturated rings. The third-order valence-electron chi connectivity index (χ3n) is 1.87. The van der Waals surface area contributed by atoms with Crippen LogP contribution in [0.5, 0.6) is 0 Å². The van der Waals surface area contributed by atoms with Gasteiger partial charge in [0.05, 0.1) is 5.25 Å². The number of hydrogen-bond acceptors (Lipinski definition) is 2. The molecule has 3 nitrogen and oxygen atoms in total. The molecule has 0 bridgehead atoms. The van der Waals surface area contributed by atoms with E-state index in [1.807, 2.05) is 13.0 Å². The van der Waals surface area contributed by atoms with E-state index in [4.69, 9.17) is 0 Å². The van der Waals surface area contributed by atoms with Gasteiger partial charge in [0.2, 0.25) is 10.0 Å². The Labute approximate surface area is 79.6 Å². The van der Waals surface area contributed by atoms with Gasteiger partial charge in [-0.1, -0.05) is 18.7 Å². The number of nitrogens with one attached hydrogen (secondary N) is 1. The van der Waals surface area contributed by atoms with Gasteiger partial charge in [-0.05, 0) is 25.3 Å². The molecule has 1 aliphatic rings. The fourth-order valence-electron chi connectivity index (χ4n) is 0.984. The van der Waals surface area contributed by atoms with E-state index in [0.717, 1.165) is 18.4 Å². The van der Waals surface area contributed by atoms with Gasteiger partial charge < -0.3 is 0 Å². The van der Waals surface area contributed by atoms with Gasteiger partial charge in [-0.15, -0.1) is 0 Å². The van der Waals surface area contributed by atoms with E-state index < -0.39 is 10.0 Å². The van der Waals surface area contributed by atoms with Crippen LogP contribution in [0.3, 0.4) is 0 Å². The standard InChI is InChI=1S/C9H15NO2S/c1-3-4-8(2)7-10-13(11,12)9-5-6-9/h3-4,9-10H,2,5-7H2,1H3. The zero-order chi connectivity index (χ0) is 9.90. The predicted octanol–water partition coefficient (Wildman–Crippen LogP) is 1.20. The zero-order valence-electron chi connectivity index (χ0n) is 7.79. The summed E-state index contributed by atoms with van der Waals surface area (Å²) < 4.78 is 25.2. The van der Waals surface area contributed by atoms with E-state index in [9.17, 15) is 8.42 Å². The van der Waals surface area contributed by atoms with Gasteiger partial charge in [-0.2, -0.15) is 0 Å². The van der Waals surface area contributed by atoms with Crippen LogP contribution in [0, 0.1) is 0 Å². The Kier molecular flexibility index (Phi) is 3.27. The van der Waals surface area contributed by atoms with E-state index in [-0.39, 0.29) is 5.25 Å². The summed E-state index contributed by atoms with van der Waals surface area (Å²) in [6.07, 6.45) is 5.24. The monoisotopic (exact) mass is 201 g/mol. The van der Waals surface area contributed by atoms with Crippen LogP contribution in [0.4, 0.5) is 0 Å². The molecule has 0 saturated heterocycles. The highest BCUT2D eigenvalue weighted by Crippen LogP contribution is 2.27. The van der Waals surface area contributed by atoms with Crippen molar-refractivity contribution in [2.75, 3.05) is 6.54 Å². The molecule has 0 unspecified atom stereocenters. The van der Waals surface area contributed by atoms with Crippen molar-refractivity contribution in [3.05, 3.63) is 24.3 Å². The highest BCUT2D eigenvalue weighted by Gasteiger charge is 2.35. The first-order valence-corrected chi connectivity index (χ1v) is 5.90. The minimum atomic E-state index is -3.05. The maximum atomic E-state index is 11.3. The van der Waals surface area contributed by atoms with Crippen molar-refractivity contribution in [1.82, 2.24) is 4.72 Å². The van der Waals surface area contributed by atoms with Crippen molar-refractivity contribution >= 4 is 10.0 Å². The van der Waals surface area contributed by atoms with Gasteiger partial charge in [0.15, 0.2) is 0 Å². The Morgan fingerprint density at radius 2 is 2.23 bits per heavy atom. The summed E-state index contributed by atoms with van der Waals surface area (Å²) in [6.45, 7) is 5.91. The average Bonchev–Trinajstić information content (AvgIpc) is 2.84. The van der Waals surface area contributed by atoms with E-state index in [2.05, 4.69) is 11.3 Å². The van der Waals surface area contributed by atoms with Gasteiger partial charge in [-0.3, -0.25) is 0 Å². The molecule has 1 N–H and O–H groups in total. The summed E-state index contributed by atoms with van der Waals surface area (Å²) in [5, 5.41) is -0.147. The van der Waals surface area contributed by atoms with Crippen molar-refractivity contribution in [3.63, 3.8) is 0 Å². The van der Waals surface area contributed by atoms with Crippen LogP contribution in [0.1, 0.15) is 19.8 Å². The van der Waals surface area contributed by atoms with Crippen LogP contribution in [0.15, 0.2) is 24.3 Å². The van der Waals surface area contributed by atoms with Crippen LogP contribution in [-0.4, -0.2) is 20.2 Å². The van der Waals surface area contributed by atoms with Crippen molar-refractivity contribution < 1.29 is 8.42 Å². The van der Waals surface area contributed by atoms with E-state index in [0.29, 0.717) is 6.54 Å². The number of sulfonamides is 1. The van der Waals surface area contributed by atoms with E-state index in [1.165, 1.54) is 0 Å². The summed E-state index contributed by atoms with van der Waals surface area (Å²) in [7, 11) is -3.05. The SMILES string of the molecule is C=C(C=CC)CNS(=O)(=O)C1CC1. The molecule has 0 heterocycles. The van der Waals surface area contributed by atoms with Crippen LogP contribution in [0.25, 0.3) is 0 Å². The Morgan fingerprint density at radius 1 is 1.62 bits per heavy atom. The highest BCUT2D eigenvalue weighted by atomic mass is 32.2. The topological polar surface area (TPSA) is 46.2 Å². The molecule has 1 rings (SSSR count).